The highest BCUT2D eigenvalue weighted by molar-refractivity contribution is 9.10. The molecule has 0 spiro atoms. The second-order valence-corrected chi connectivity index (χ2v) is 5.01. The van der Waals surface area contributed by atoms with Crippen LogP contribution in [0.2, 0.25) is 0 Å². The molecule has 0 radical (unpaired) electrons. The lowest BCUT2D eigenvalue weighted by molar-refractivity contribution is 0.102. The number of carbonyl (C=O) groups excluding carboxylic acids is 1. The van der Waals surface area contributed by atoms with E-state index in [0.29, 0.717) is 5.69 Å². The number of benzene rings is 1. The number of carbonyl (C=O) groups is 1. The Bertz CT molecular complexity index is 674. The maximum absolute atomic E-state index is 12.0. The molecule has 0 saturated carbocycles. The highest BCUT2D eigenvalue weighted by atomic mass is 79.9. The Morgan fingerprint density at radius 3 is 2.63 bits per heavy atom. The molecule has 0 bridgehead atoms. The number of aryl methyl sites for hydroxylation is 1. The Morgan fingerprint density at radius 2 is 2.00 bits per heavy atom. The van der Waals surface area contributed by atoms with Gasteiger partial charge in [0.25, 0.3) is 11.5 Å². The van der Waals surface area contributed by atoms with E-state index < -0.39 is 11.5 Å². The zero-order valence-corrected chi connectivity index (χ0v) is 11.6. The fourth-order valence-electron chi connectivity index (χ4n) is 1.67. The van der Waals surface area contributed by atoms with Gasteiger partial charge in [0, 0.05) is 22.3 Å². The van der Waals surface area contributed by atoms with Crippen molar-refractivity contribution in [1.82, 2.24) is 4.98 Å². The number of amides is 1. The van der Waals surface area contributed by atoms with Crippen LogP contribution in [0, 0.1) is 6.92 Å². The molecular formula is C13H11BrN2O3. The summed E-state index contributed by atoms with van der Waals surface area (Å²) in [5, 5.41) is 11.9. The lowest BCUT2D eigenvalue weighted by Crippen LogP contribution is -2.15. The summed E-state index contributed by atoms with van der Waals surface area (Å²) < 4.78 is 0.844. The summed E-state index contributed by atoms with van der Waals surface area (Å²) in [5.74, 6) is -0.804. The van der Waals surface area contributed by atoms with E-state index in [1.54, 1.807) is 12.1 Å². The van der Waals surface area contributed by atoms with Gasteiger partial charge >= 0.3 is 0 Å². The van der Waals surface area contributed by atoms with Crippen molar-refractivity contribution < 1.29 is 9.90 Å². The molecule has 5 nitrogen and oxygen atoms in total. The van der Waals surface area contributed by atoms with Gasteiger partial charge in [-0.25, -0.2) is 0 Å². The molecule has 3 N–H and O–H groups in total. The largest absolute Gasteiger partial charge is 0.494 e. The van der Waals surface area contributed by atoms with Crippen LogP contribution < -0.4 is 10.9 Å². The van der Waals surface area contributed by atoms with Gasteiger partial charge in [0.15, 0.2) is 5.88 Å². The summed E-state index contributed by atoms with van der Waals surface area (Å²) >= 11 is 3.34. The molecule has 1 amide bonds. The van der Waals surface area contributed by atoms with Gasteiger partial charge in [-0.15, -0.1) is 0 Å². The summed E-state index contributed by atoms with van der Waals surface area (Å²) in [5.41, 5.74) is 1.16. The van der Waals surface area contributed by atoms with Crippen molar-refractivity contribution in [3.63, 3.8) is 0 Å². The van der Waals surface area contributed by atoms with Crippen LogP contribution in [0.15, 0.2) is 39.6 Å². The number of aromatic amines is 1. The molecule has 0 saturated heterocycles. The van der Waals surface area contributed by atoms with Crippen molar-refractivity contribution in [2.45, 2.75) is 6.92 Å². The summed E-state index contributed by atoms with van der Waals surface area (Å²) in [6, 6.07) is 7.78. The van der Waals surface area contributed by atoms with Gasteiger partial charge in [-0.3, -0.25) is 14.6 Å². The van der Waals surface area contributed by atoms with Crippen molar-refractivity contribution in [2.75, 3.05) is 5.32 Å². The van der Waals surface area contributed by atoms with Crippen molar-refractivity contribution in [1.29, 1.82) is 0 Å². The molecule has 98 valence electrons. The monoisotopic (exact) mass is 322 g/mol. The minimum atomic E-state index is -0.532. The average molecular weight is 323 g/mol. The van der Waals surface area contributed by atoms with Crippen molar-refractivity contribution in [3.8, 4) is 5.88 Å². The SMILES string of the molecule is Cc1cc(Br)cc(NC(=O)c2cc(O)[nH]c(=O)c2)c1. The molecule has 0 fully saturated rings. The van der Waals surface area contributed by atoms with Gasteiger partial charge < -0.3 is 10.4 Å². The lowest BCUT2D eigenvalue weighted by atomic mass is 10.2. The molecule has 1 aromatic heterocycles. The highest BCUT2D eigenvalue weighted by Crippen LogP contribution is 2.19. The summed E-state index contributed by atoms with van der Waals surface area (Å²) in [7, 11) is 0. The molecule has 0 aliphatic carbocycles. The van der Waals surface area contributed by atoms with E-state index in [0.717, 1.165) is 16.1 Å². The average Bonchev–Trinajstić information content (AvgIpc) is 2.25. The Labute approximate surface area is 117 Å². The minimum Gasteiger partial charge on any atom is -0.494 e. The molecule has 0 aliphatic rings. The number of nitrogens with one attached hydrogen (secondary N) is 2. The molecule has 1 aromatic carbocycles. The van der Waals surface area contributed by atoms with Gasteiger partial charge in [-0.2, -0.15) is 0 Å². The fourth-order valence-corrected chi connectivity index (χ4v) is 2.28. The lowest BCUT2D eigenvalue weighted by Gasteiger charge is -2.07. The third-order valence-corrected chi connectivity index (χ3v) is 2.85. The van der Waals surface area contributed by atoms with E-state index >= 15 is 0 Å². The van der Waals surface area contributed by atoms with Crippen LogP contribution in [-0.2, 0) is 0 Å². The van der Waals surface area contributed by atoms with E-state index in [9.17, 15) is 14.7 Å². The fraction of sp³-hybridized carbons (Fsp3) is 0.0769. The normalized spacial score (nSPS) is 10.2. The molecule has 1 heterocycles. The van der Waals surface area contributed by atoms with Crippen molar-refractivity contribution in [2.24, 2.45) is 0 Å². The van der Waals surface area contributed by atoms with E-state index in [2.05, 4.69) is 26.2 Å². The number of hydrogen-bond acceptors (Lipinski definition) is 3. The predicted molar refractivity (Wildman–Crippen MR) is 75.6 cm³/mol. The zero-order valence-electron chi connectivity index (χ0n) is 10.0. The molecule has 0 unspecified atom stereocenters. The first kappa shape index (κ1) is 13.4. The number of aromatic nitrogens is 1. The Hall–Kier alpha value is -2.08. The number of aromatic hydroxyl groups is 1. The van der Waals surface area contributed by atoms with E-state index in [4.69, 9.17) is 0 Å². The predicted octanol–water partition coefficient (Wildman–Crippen LogP) is 2.40. The number of H-pyrrole nitrogens is 1. The number of hydrogen-bond donors (Lipinski definition) is 3. The van der Waals surface area contributed by atoms with Gasteiger partial charge in [-0.05, 0) is 30.7 Å². The van der Waals surface area contributed by atoms with Crippen LogP contribution >= 0.6 is 15.9 Å². The van der Waals surface area contributed by atoms with Crippen LogP contribution in [0.5, 0.6) is 5.88 Å². The molecule has 2 rings (SSSR count). The first-order valence-electron chi connectivity index (χ1n) is 5.46. The van der Waals surface area contributed by atoms with E-state index in [1.807, 2.05) is 13.0 Å². The number of pyridine rings is 1. The van der Waals surface area contributed by atoms with Gasteiger partial charge in [0.05, 0.1) is 5.56 Å². The molecule has 0 atom stereocenters. The second-order valence-electron chi connectivity index (χ2n) is 4.09. The Morgan fingerprint density at radius 1 is 1.26 bits per heavy atom. The minimum absolute atomic E-state index is 0.0962. The maximum atomic E-state index is 12.0. The molecule has 0 aliphatic heterocycles. The summed E-state index contributed by atoms with van der Waals surface area (Å²) in [4.78, 5) is 25.3. The van der Waals surface area contributed by atoms with E-state index in [-0.39, 0.29) is 11.4 Å². The van der Waals surface area contributed by atoms with Crippen LogP contribution in [0.4, 0.5) is 5.69 Å². The van der Waals surface area contributed by atoms with Crippen LogP contribution in [0.3, 0.4) is 0 Å². The first-order valence-corrected chi connectivity index (χ1v) is 6.25. The Balaban J connectivity index is 2.27. The number of halogens is 1. The number of anilines is 1. The van der Waals surface area contributed by atoms with Gasteiger partial charge in [0.1, 0.15) is 0 Å². The summed E-state index contributed by atoms with van der Waals surface area (Å²) in [6.07, 6.45) is 0. The third-order valence-electron chi connectivity index (χ3n) is 2.39. The topological polar surface area (TPSA) is 82.2 Å². The standard InChI is InChI=1S/C13H11BrN2O3/c1-7-2-9(14)6-10(3-7)15-13(19)8-4-11(17)16-12(18)5-8/h2-6H,1H3,(H,15,19)(H2,16,17,18). The quantitative estimate of drug-likeness (QED) is 0.794. The van der Waals surface area contributed by atoms with Gasteiger partial charge in [-0.1, -0.05) is 15.9 Å². The highest BCUT2D eigenvalue weighted by Gasteiger charge is 2.09. The van der Waals surface area contributed by atoms with Crippen LogP contribution in [0.25, 0.3) is 0 Å². The maximum Gasteiger partial charge on any atom is 0.256 e. The van der Waals surface area contributed by atoms with Crippen LogP contribution in [0.1, 0.15) is 15.9 Å². The number of rotatable bonds is 2. The molecular weight excluding hydrogens is 312 g/mol. The van der Waals surface area contributed by atoms with Crippen molar-refractivity contribution in [3.05, 3.63) is 56.3 Å². The van der Waals surface area contributed by atoms with Crippen LogP contribution in [-0.4, -0.2) is 16.0 Å². The summed E-state index contributed by atoms with van der Waals surface area (Å²) in [6.45, 7) is 1.90. The first-order chi connectivity index (χ1) is 8.94. The zero-order chi connectivity index (χ0) is 14.0. The van der Waals surface area contributed by atoms with Crippen molar-refractivity contribution >= 4 is 27.5 Å². The van der Waals surface area contributed by atoms with Gasteiger partial charge in [0.2, 0.25) is 0 Å². The molecule has 2 aromatic rings. The second kappa shape index (κ2) is 5.27. The molecule has 6 heteroatoms. The third kappa shape index (κ3) is 3.45. The van der Waals surface area contributed by atoms with E-state index in [1.165, 1.54) is 6.07 Å². The Kier molecular flexibility index (Phi) is 3.71. The smallest absolute Gasteiger partial charge is 0.256 e. The molecule has 19 heavy (non-hydrogen) atoms.